The number of para-hydroxylation sites is 1. The first kappa shape index (κ1) is 17.1. The Kier molecular flexibility index (Phi) is 6.55. The van der Waals surface area contributed by atoms with Gasteiger partial charge < -0.3 is 9.72 Å². The van der Waals surface area contributed by atoms with Gasteiger partial charge in [-0.1, -0.05) is 18.2 Å². The average molecular weight is 343 g/mol. The lowest BCUT2D eigenvalue weighted by Gasteiger charge is -2.20. The molecule has 2 aromatic rings. The Morgan fingerprint density at radius 3 is 2.55 bits per heavy atom. The van der Waals surface area contributed by atoms with E-state index in [4.69, 9.17) is 27.9 Å². The summed E-state index contributed by atoms with van der Waals surface area (Å²) in [7, 11) is 0. The third kappa shape index (κ3) is 3.94. The molecule has 0 atom stereocenters. The lowest BCUT2D eigenvalue weighted by atomic mass is 10.1. The zero-order valence-corrected chi connectivity index (χ0v) is 14.1. The molecule has 1 aromatic heterocycles. The van der Waals surface area contributed by atoms with Crippen LogP contribution in [0.2, 0.25) is 0 Å². The average Bonchev–Trinajstić information content (AvgIpc) is 2.87. The number of rotatable bonds is 8. The Morgan fingerprint density at radius 1 is 1.23 bits per heavy atom. The van der Waals surface area contributed by atoms with Crippen LogP contribution in [-0.2, 0) is 11.3 Å². The van der Waals surface area contributed by atoms with E-state index < -0.39 is 0 Å². The highest BCUT2D eigenvalue weighted by Crippen LogP contribution is 2.24. The van der Waals surface area contributed by atoms with E-state index in [1.54, 1.807) is 6.92 Å². The Hall–Kier alpha value is -1.23. The minimum atomic E-state index is -0.328. The third-order valence-corrected chi connectivity index (χ3v) is 3.81. The molecule has 0 unspecified atom stereocenters. The maximum absolute atomic E-state index is 12.2. The minimum Gasteiger partial charge on any atom is -0.461 e. The van der Waals surface area contributed by atoms with Crippen molar-refractivity contribution in [2.24, 2.45) is 0 Å². The fourth-order valence-electron chi connectivity index (χ4n) is 2.47. The van der Waals surface area contributed by atoms with Gasteiger partial charge in [0.2, 0.25) is 0 Å². The van der Waals surface area contributed by atoms with Gasteiger partial charge >= 0.3 is 5.97 Å². The van der Waals surface area contributed by atoms with E-state index in [2.05, 4.69) is 9.88 Å². The fraction of sp³-hybridized carbons (Fsp3) is 0.438. The van der Waals surface area contributed by atoms with E-state index in [0.717, 1.165) is 29.6 Å². The van der Waals surface area contributed by atoms with Crippen molar-refractivity contribution in [3.63, 3.8) is 0 Å². The van der Waals surface area contributed by atoms with Crippen LogP contribution >= 0.6 is 23.2 Å². The van der Waals surface area contributed by atoms with Crippen LogP contribution in [0.4, 0.5) is 0 Å². The molecule has 0 saturated carbocycles. The van der Waals surface area contributed by atoms with Gasteiger partial charge in [-0.3, -0.25) is 4.90 Å². The summed E-state index contributed by atoms with van der Waals surface area (Å²) in [4.78, 5) is 17.5. The van der Waals surface area contributed by atoms with Gasteiger partial charge in [0, 0.05) is 47.9 Å². The molecule has 0 saturated heterocycles. The number of aromatic nitrogens is 1. The molecule has 22 heavy (non-hydrogen) atoms. The summed E-state index contributed by atoms with van der Waals surface area (Å²) >= 11 is 11.7. The predicted octanol–water partition coefficient (Wildman–Crippen LogP) is 3.62. The highest BCUT2D eigenvalue weighted by Gasteiger charge is 2.20. The van der Waals surface area contributed by atoms with Crippen molar-refractivity contribution in [2.45, 2.75) is 13.5 Å². The van der Waals surface area contributed by atoms with Crippen molar-refractivity contribution in [2.75, 3.05) is 31.5 Å². The van der Waals surface area contributed by atoms with E-state index in [1.165, 1.54) is 0 Å². The van der Waals surface area contributed by atoms with Gasteiger partial charge in [-0.15, -0.1) is 23.2 Å². The highest BCUT2D eigenvalue weighted by molar-refractivity contribution is 6.18. The lowest BCUT2D eigenvalue weighted by molar-refractivity contribution is 0.0518. The van der Waals surface area contributed by atoms with Crippen LogP contribution in [0.5, 0.6) is 0 Å². The van der Waals surface area contributed by atoms with Crippen molar-refractivity contribution in [3.05, 3.63) is 35.5 Å². The van der Waals surface area contributed by atoms with Gasteiger partial charge in [0.25, 0.3) is 0 Å². The molecule has 0 amide bonds. The summed E-state index contributed by atoms with van der Waals surface area (Å²) in [5.41, 5.74) is 2.37. The number of nitrogens with one attached hydrogen (secondary N) is 1. The molecule has 1 heterocycles. The van der Waals surface area contributed by atoms with Crippen molar-refractivity contribution in [3.8, 4) is 0 Å². The molecule has 6 heteroatoms. The van der Waals surface area contributed by atoms with Gasteiger partial charge in [-0.2, -0.15) is 0 Å². The van der Waals surface area contributed by atoms with Crippen LogP contribution in [0.1, 0.15) is 23.0 Å². The second-order valence-corrected chi connectivity index (χ2v) is 5.65. The first-order valence-corrected chi connectivity index (χ1v) is 8.39. The second kappa shape index (κ2) is 8.42. The number of carbonyl (C=O) groups excluding carboxylic acids is 1. The van der Waals surface area contributed by atoms with Crippen molar-refractivity contribution < 1.29 is 9.53 Å². The maximum Gasteiger partial charge on any atom is 0.355 e. The SMILES string of the molecule is CCOC(=O)c1[nH]c2ccccc2c1CN(CCCl)CCCl. The number of hydrogen-bond acceptors (Lipinski definition) is 3. The van der Waals surface area contributed by atoms with Gasteiger partial charge in [0.05, 0.1) is 6.61 Å². The van der Waals surface area contributed by atoms with Crippen molar-refractivity contribution >= 4 is 40.1 Å². The molecule has 4 nitrogen and oxygen atoms in total. The number of nitrogens with zero attached hydrogens (tertiary/aromatic N) is 1. The molecule has 0 spiro atoms. The number of alkyl halides is 2. The molecular formula is C16H20Cl2N2O2. The van der Waals surface area contributed by atoms with Gasteiger partial charge in [-0.25, -0.2) is 4.79 Å². The molecule has 1 N–H and O–H groups in total. The molecule has 0 fully saturated rings. The fourth-order valence-corrected chi connectivity index (χ4v) is 2.95. The van der Waals surface area contributed by atoms with E-state index in [0.29, 0.717) is 30.6 Å². The molecule has 0 aliphatic rings. The Balaban J connectivity index is 2.39. The number of esters is 1. The van der Waals surface area contributed by atoms with Crippen LogP contribution in [0, 0.1) is 0 Å². The summed E-state index contributed by atoms with van der Waals surface area (Å²) in [5, 5.41) is 1.03. The monoisotopic (exact) mass is 342 g/mol. The Bertz CT molecular complexity index is 622. The molecule has 2 rings (SSSR count). The largest absolute Gasteiger partial charge is 0.461 e. The molecule has 0 bridgehead atoms. The second-order valence-electron chi connectivity index (χ2n) is 4.90. The van der Waals surface area contributed by atoms with Gasteiger partial charge in [0.1, 0.15) is 5.69 Å². The molecule has 0 aliphatic carbocycles. The van der Waals surface area contributed by atoms with Crippen LogP contribution in [-0.4, -0.2) is 47.3 Å². The smallest absolute Gasteiger partial charge is 0.355 e. The predicted molar refractivity (Wildman–Crippen MR) is 91.0 cm³/mol. The number of carbonyl (C=O) groups is 1. The third-order valence-electron chi connectivity index (χ3n) is 3.48. The van der Waals surface area contributed by atoms with Crippen LogP contribution in [0.3, 0.4) is 0 Å². The highest BCUT2D eigenvalue weighted by atomic mass is 35.5. The standard InChI is InChI=1S/C16H20Cl2N2O2/c1-2-22-16(21)15-13(11-20(9-7-17)10-8-18)12-5-3-4-6-14(12)19-15/h3-6,19H,2,7-11H2,1H3. The lowest BCUT2D eigenvalue weighted by Crippen LogP contribution is -2.28. The quantitative estimate of drug-likeness (QED) is 0.588. The summed E-state index contributed by atoms with van der Waals surface area (Å²) in [6.07, 6.45) is 0. The number of halogens is 2. The maximum atomic E-state index is 12.2. The summed E-state index contributed by atoms with van der Waals surface area (Å²) < 4.78 is 5.16. The van der Waals surface area contributed by atoms with Crippen LogP contribution in [0.25, 0.3) is 10.9 Å². The summed E-state index contributed by atoms with van der Waals surface area (Å²) in [6, 6.07) is 7.85. The van der Waals surface area contributed by atoms with E-state index in [1.807, 2.05) is 24.3 Å². The molecular weight excluding hydrogens is 323 g/mol. The number of benzene rings is 1. The number of aromatic amines is 1. The molecule has 1 aromatic carbocycles. The van der Waals surface area contributed by atoms with E-state index in [9.17, 15) is 4.79 Å². The van der Waals surface area contributed by atoms with Crippen LogP contribution < -0.4 is 0 Å². The molecule has 0 radical (unpaired) electrons. The number of H-pyrrole nitrogens is 1. The van der Waals surface area contributed by atoms with Crippen molar-refractivity contribution in [1.29, 1.82) is 0 Å². The topological polar surface area (TPSA) is 45.3 Å². The van der Waals surface area contributed by atoms with E-state index in [-0.39, 0.29) is 5.97 Å². The zero-order valence-electron chi connectivity index (χ0n) is 12.6. The molecule has 120 valence electrons. The first-order chi connectivity index (χ1) is 10.7. The molecule has 0 aliphatic heterocycles. The Morgan fingerprint density at radius 2 is 1.91 bits per heavy atom. The number of fused-ring (bicyclic) bond motifs is 1. The first-order valence-electron chi connectivity index (χ1n) is 7.32. The van der Waals surface area contributed by atoms with Crippen LogP contribution in [0.15, 0.2) is 24.3 Å². The zero-order chi connectivity index (χ0) is 15.9. The summed E-state index contributed by atoms with van der Waals surface area (Å²) in [5.74, 6) is 0.715. The normalized spacial score (nSPS) is 11.3. The van der Waals surface area contributed by atoms with E-state index >= 15 is 0 Å². The summed E-state index contributed by atoms with van der Waals surface area (Å²) in [6.45, 7) is 4.19. The van der Waals surface area contributed by atoms with Gasteiger partial charge in [-0.05, 0) is 13.0 Å². The van der Waals surface area contributed by atoms with Crippen molar-refractivity contribution in [1.82, 2.24) is 9.88 Å². The number of ether oxygens (including phenoxy) is 1. The van der Waals surface area contributed by atoms with Gasteiger partial charge in [0.15, 0.2) is 0 Å². The minimum absolute atomic E-state index is 0.328. The Labute approximate surface area is 140 Å². The number of hydrogen-bond donors (Lipinski definition) is 1.